The van der Waals surface area contributed by atoms with Gasteiger partial charge in [0, 0.05) is 26.2 Å². The summed E-state index contributed by atoms with van der Waals surface area (Å²) in [4.78, 5) is 2.67. The van der Waals surface area contributed by atoms with E-state index in [0.29, 0.717) is 11.5 Å². The zero-order valence-electron chi connectivity index (χ0n) is 13.2. The van der Waals surface area contributed by atoms with Gasteiger partial charge in [-0.2, -0.15) is 0 Å². The van der Waals surface area contributed by atoms with Gasteiger partial charge in [0.25, 0.3) is 0 Å². The lowest BCUT2D eigenvalue weighted by Gasteiger charge is -2.33. The van der Waals surface area contributed by atoms with Crippen LogP contribution in [0, 0.1) is 17.3 Å². The molecule has 3 heteroatoms. The molecule has 3 atom stereocenters. The largest absolute Gasteiger partial charge is 0.384 e. The van der Waals surface area contributed by atoms with E-state index in [0.717, 1.165) is 25.0 Å². The Hall–Kier alpha value is -0.120. The molecule has 0 aromatic rings. The van der Waals surface area contributed by atoms with Crippen LogP contribution in [-0.2, 0) is 4.74 Å². The quantitative estimate of drug-likeness (QED) is 0.800. The van der Waals surface area contributed by atoms with Crippen molar-refractivity contribution in [1.29, 1.82) is 0 Å². The Morgan fingerprint density at radius 2 is 2.11 bits per heavy atom. The molecule has 3 nitrogen and oxygen atoms in total. The first-order chi connectivity index (χ1) is 9.06. The van der Waals surface area contributed by atoms with Gasteiger partial charge in [-0.05, 0) is 49.6 Å². The molecule has 1 aliphatic heterocycles. The predicted octanol–water partition coefficient (Wildman–Crippen LogP) is 2.37. The van der Waals surface area contributed by atoms with Gasteiger partial charge in [-0.15, -0.1) is 0 Å². The van der Waals surface area contributed by atoms with Crippen LogP contribution in [0.25, 0.3) is 0 Å². The molecule has 2 aliphatic rings. The second kappa shape index (κ2) is 6.55. The molecule has 3 unspecified atom stereocenters. The van der Waals surface area contributed by atoms with Gasteiger partial charge in [0.2, 0.25) is 0 Å². The van der Waals surface area contributed by atoms with Gasteiger partial charge in [0.15, 0.2) is 0 Å². The summed E-state index contributed by atoms with van der Waals surface area (Å²) in [5, 5.41) is 3.74. The second-order valence-corrected chi connectivity index (χ2v) is 7.19. The molecular weight excluding hydrogens is 236 g/mol. The van der Waals surface area contributed by atoms with Gasteiger partial charge in [-0.25, -0.2) is 0 Å². The molecule has 0 bridgehead atoms. The van der Waals surface area contributed by atoms with Crippen LogP contribution in [0.2, 0.25) is 0 Å². The van der Waals surface area contributed by atoms with Crippen molar-refractivity contribution in [3.8, 4) is 0 Å². The van der Waals surface area contributed by atoms with Crippen LogP contribution in [-0.4, -0.2) is 50.8 Å². The Kier molecular flexibility index (Phi) is 5.27. The number of methoxy groups -OCH3 is 1. The number of rotatable bonds is 6. The molecule has 19 heavy (non-hydrogen) atoms. The van der Waals surface area contributed by atoms with Gasteiger partial charge in [0.1, 0.15) is 0 Å². The van der Waals surface area contributed by atoms with E-state index in [1.165, 1.54) is 38.9 Å². The third-order valence-electron chi connectivity index (χ3n) is 5.16. The lowest BCUT2D eigenvalue weighted by Crippen LogP contribution is -2.45. The number of likely N-dealkylation sites (tertiary alicyclic amines) is 1. The van der Waals surface area contributed by atoms with Crippen LogP contribution in [0.15, 0.2) is 0 Å². The molecule has 1 aliphatic carbocycles. The summed E-state index contributed by atoms with van der Waals surface area (Å²) in [6.07, 6.45) is 4.07. The SMILES string of the molecule is CCNC1C(CN2CCC(COC)C2)CCC1(C)C. The molecule has 0 aromatic carbocycles. The second-order valence-electron chi connectivity index (χ2n) is 7.19. The number of nitrogens with one attached hydrogen (secondary N) is 1. The maximum absolute atomic E-state index is 5.30. The monoisotopic (exact) mass is 268 g/mol. The topological polar surface area (TPSA) is 24.5 Å². The molecule has 0 amide bonds. The molecule has 0 radical (unpaired) electrons. The van der Waals surface area contributed by atoms with Crippen LogP contribution >= 0.6 is 0 Å². The van der Waals surface area contributed by atoms with Crippen LogP contribution in [0.5, 0.6) is 0 Å². The maximum atomic E-state index is 5.30. The van der Waals surface area contributed by atoms with Crippen LogP contribution in [0.3, 0.4) is 0 Å². The third kappa shape index (κ3) is 3.71. The van der Waals surface area contributed by atoms with Crippen molar-refractivity contribution in [2.45, 2.75) is 46.1 Å². The Morgan fingerprint density at radius 1 is 1.32 bits per heavy atom. The summed E-state index contributed by atoms with van der Waals surface area (Å²) in [5.41, 5.74) is 0.465. The highest BCUT2D eigenvalue weighted by atomic mass is 16.5. The van der Waals surface area contributed by atoms with Crippen molar-refractivity contribution >= 4 is 0 Å². The first-order valence-electron chi connectivity index (χ1n) is 8.01. The number of ether oxygens (including phenoxy) is 1. The molecule has 2 fully saturated rings. The minimum absolute atomic E-state index is 0.465. The third-order valence-corrected chi connectivity index (χ3v) is 5.16. The highest BCUT2D eigenvalue weighted by molar-refractivity contribution is 4.97. The fourth-order valence-electron chi connectivity index (χ4n) is 4.16. The normalized spacial score (nSPS) is 35.1. The highest BCUT2D eigenvalue weighted by Gasteiger charge is 2.42. The van der Waals surface area contributed by atoms with Crippen molar-refractivity contribution in [1.82, 2.24) is 10.2 Å². The molecule has 1 saturated heterocycles. The van der Waals surface area contributed by atoms with E-state index in [1.807, 2.05) is 7.11 Å². The number of hydrogen-bond acceptors (Lipinski definition) is 3. The van der Waals surface area contributed by atoms with E-state index in [9.17, 15) is 0 Å². The molecular formula is C16H32N2O. The van der Waals surface area contributed by atoms with Crippen molar-refractivity contribution in [3.05, 3.63) is 0 Å². The Morgan fingerprint density at radius 3 is 2.79 bits per heavy atom. The minimum atomic E-state index is 0.465. The van der Waals surface area contributed by atoms with Gasteiger partial charge >= 0.3 is 0 Å². The van der Waals surface area contributed by atoms with E-state index in [4.69, 9.17) is 4.74 Å². The van der Waals surface area contributed by atoms with E-state index >= 15 is 0 Å². The van der Waals surface area contributed by atoms with Crippen molar-refractivity contribution in [2.24, 2.45) is 17.3 Å². The summed E-state index contributed by atoms with van der Waals surface area (Å²) in [7, 11) is 1.82. The van der Waals surface area contributed by atoms with Gasteiger partial charge < -0.3 is 15.0 Å². The van der Waals surface area contributed by atoms with Crippen LogP contribution in [0.4, 0.5) is 0 Å². The Labute approximate surface area is 119 Å². The Balaban J connectivity index is 1.85. The van der Waals surface area contributed by atoms with E-state index in [2.05, 4.69) is 31.0 Å². The van der Waals surface area contributed by atoms with Crippen molar-refractivity contribution in [3.63, 3.8) is 0 Å². The number of nitrogens with zero attached hydrogens (tertiary/aromatic N) is 1. The van der Waals surface area contributed by atoms with Crippen LogP contribution < -0.4 is 5.32 Å². The molecule has 1 saturated carbocycles. The summed E-state index contributed by atoms with van der Waals surface area (Å²) in [6.45, 7) is 12.9. The minimum Gasteiger partial charge on any atom is -0.384 e. The first-order valence-corrected chi connectivity index (χ1v) is 8.01. The first kappa shape index (κ1) is 15.3. The zero-order valence-corrected chi connectivity index (χ0v) is 13.2. The lowest BCUT2D eigenvalue weighted by atomic mass is 9.84. The number of hydrogen-bond donors (Lipinski definition) is 1. The molecule has 2 rings (SSSR count). The average Bonchev–Trinajstić information content (AvgIpc) is 2.89. The molecule has 1 heterocycles. The molecule has 0 aromatic heterocycles. The summed E-state index contributed by atoms with van der Waals surface area (Å²) in [6, 6.07) is 0.693. The fraction of sp³-hybridized carbons (Fsp3) is 1.00. The van der Waals surface area contributed by atoms with E-state index in [1.54, 1.807) is 0 Å². The Bertz CT molecular complexity index is 280. The van der Waals surface area contributed by atoms with Gasteiger partial charge in [-0.1, -0.05) is 20.8 Å². The standard InChI is InChI=1S/C16H32N2O/c1-5-17-15-14(6-8-16(15,2)3)11-18-9-7-13(10-18)12-19-4/h13-15,17H,5-12H2,1-4H3. The highest BCUT2D eigenvalue weighted by Crippen LogP contribution is 2.42. The summed E-state index contributed by atoms with van der Waals surface area (Å²) >= 11 is 0. The smallest absolute Gasteiger partial charge is 0.0503 e. The molecule has 112 valence electrons. The van der Waals surface area contributed by atoms with Crippen molar-refractivity contribution < 1.29 is 4.74 Å². The average molecular weight is 268 g/mol. The molecule has 1 N–H and O–H groups in total. The lowest BCUT2D eigenvalue weighted by molar-refractivity contribution is 0.148. The van der Waals surface area contributed by atoms with E-state index < -0.39 is 0 Å². The van der Waals surface area contributed by atoms with Crippen molar-refractivity contribution in [2.75, 3.05) is 39.9 Å². The summed E-state index contributed by atoms with van der Waals surface area (Å²) < 4.78 is 5.30. The predicted molar refractivity (Wildman–Crippen MR) is 80.4 cm³/mol. The fourth-order valence-corrected chi connectivity index (χ4v) is 4.16. The van der Waals surface area contributed by atoms with Gasteiger partial charge in [-0.3, -0.25) is 0 Å². The van der Waals surface area contributed by atoms with Gasteiger partial charge in [0.05, 0.1) is 6.61 Å². The molecule has 0 spiro atoms. The zero-order chi connectivity index (χ0) is 13.9. The maximum Gasteiger partial charge on any atom is 0.0503 e. The van der Waals surface area contributed by atoms with E-state index in [-0.39, 0.29) is 0 Å². The summed E-state index contributed by atoms with van der Waals surface area (Å²) in [5.74, 6) is 1.59. The van der Waals surface area contributed by atoms with Crippen LogP contribution in [0.1, 0.15) is 40.0 Å².